The summed E-state index contributed by atoms with van der Waals surface area (Å²) >= 11 is 0. The van der Waals surface area contributed by atoms with Crippen LogP contribution in [0.25, 0.3) is 0 Å². The summed E-state index contributed by atoms with van der Waals surface area (Å²) in [6, 6.07) is 9.34. The molecule has 0 aliphatic rings. The van der Waals surface area contributed by atoms with Gasteiger partial charge in [-0.1, -0.05) is 36.7 Å². The standard InChI is InChI=1S/C15H19N3O3/c1-2-3-9-13-16-14(21-17-13)10-18(11-15(19)20)12-7-5-4-6-8-12/h4-8H,2-3,9-11H2,1H3,(H,19,20). The van der Waals surface area contributed by atoms with Crippen LogP contribution in [0.2, 0.25) is 0 Å². The van der Waals surface area contributed by atoms with Gasteiger partial charge in [-0.2, -0.15) is 4.98 Å². The van der Waals surface area contributed by atoms with Crippen LogP contribution < -0.4 is 4.90 Å². The summed E-state index contributed by atoms with van der Waals surface area (Å²) in [5.74, 6) is 0.214. The molecule has 2 aromatic rings. The molecule has 0 atom stereocenters. The summed E-state index contributed by atoms with van der Waals surface area (Å²) in [4.78, 5) is 17.0. The van der Waals surface area contributed by atoms with Crippen LogP contribution in [0.5, 0.6) is 0 Å². The van der Waals surface area contributed by atoms with E-state index >= 15 is 0 Å². The van der Waals surface area contributed by atoms with Crippen molar-refractivity contribution < 1.29 is 14.4 Å². The Kier molecular flexibility index (Phi) is 5.31. The first-order valence-electron chi connectivity index (χ1n) is 7.02. The van der Waals surface area contributed by atoms with Gasteiger partial charge in [0.15, 0.2) is 5.82 Å². The van der Waals surface area contributed by atoms with E-state index in [0.717, 1.165) is 24.9 Å². The SMILES string of the molecule is CCCCc1noc(CN(CC(=O)O)c2ccccc2)n1. The van der Waals surface area contributed by atoms with E-state index in [1.165, 1.54) is 0 Å². The van der Waals surface area contributed by atoms with Crippen molar-refractivity contribution in [1.82, 2.24) is 10.1 Å². The minimum atomic E-state index is -0.899. The fraction of sp³-hybridized carbons (Fsp3) is 0.400. The van der Waals surface area contributed by atoms with E-state index in [4.69, 9.17) is 9.63 Å². The molecule has 1 N–H and O–H groups in total. The Balaban J connectivity index is 2.08. The van der Waals surface area contributed by atoms with Gasteiger partial charge in [-0.3, -0.25) is 4.79 Å². The van der Waals surface area contributed by atoms with Crippen LogP contribution in [0, 0.1) is 0 Å². The lowest BCUT2D eigenvalue weighted by molar-refractivity contribution is -0.135. The number of carboxylic acids is 1. The Labute approximate surface area is 123 Å². The number of para-hydroxylation sites is 1. The van der Waals surface area contributed by atoms with Crippen molar-refractivity contribution in [3.63, 3.8) is 0 Å². The van der Waals surface area contributed by atoms with Gasteiger partial charge in [-0.25, -0.2) is 0 Å². The number of carbonyl (C=O) groups is 1. The van der Waals surface area contributed by atoms with Gasteiger partial charge in [-0.05, 0) is 18.6 Å². The highest BCUT2D eigenvalue weighted by molar-refractivity contribution is 5.73. The van der Waals surface area contributed by atoms with Gasteiger partial charge in [0.1, 0.15) is 6.54 Å². The highest BCUT2D eigenvalue weighted by Gasteiger charge is 2.15. The molecule has 0 saturated heterocycles. The molecule has 0 amide bonds. The van der Waals surface area contributed by atoms with Crippen molar-refractivity contribution in [3.8, 4) is 0 Å². The second kappa shape index (κ2) is 7.42. The van der Waals surface area contributed by atoms with Crippen molar-refractivity contribution in [3.05, 3.63) is 42.0 Å². The van der Waals surface area contributed by atoms with Gasteiger partial charge in [0.2, 0.25) is 5.89 Å². The molecule has 0 aliphatic heterocycles. The van der Waals surface area contributed by atoms with E-state index in [1.54, 1.807) is 4.90 Å². The Morgan fingerprint density at radius 2 is 2.10 bits per heavy atom. The lowest BCUT2D eigenvalue weighted by Crippen LogP contribution is -2.29. The Hall–Kier alpha value is -2.37. The second-order valence-electron chi connectivity index (χ2n) is 4.79. The topological polar surface area (TPSA) is 79.5 Å². The van der Waals surface area contributed by atoms with E-state index in [2.05, 4.69) is 17.1 Å². The molecule has 1 aromatic heterocycles. The number of nitrogens with zero attached hydrogens (tertiary/aromatic N) is 3. The number of aliphatic carboxylic acids is 1. The molecule has 0 bridgehead atoms. The highest BCUT2D eigenvalue weighted by atomic mass is 16.5. The Morgan fingerprint density at radius 3 is 2.76 bits per heavy atom. The quantitative estimate of drug-likeness (QED) is 0.804. The van der Waals surface area contributed by atoms with Crippen LogP contribution in [0.1, 0.15) is 31.5 Å². The summed E-state index contributed by atoms with van der Waals surface area (Å²) in [6.07, 6.45) is 2.86. The predicted molar refractivity (Wildman–Crippen MR) is 78.0 cm³/mol. The summed E-state index contributed by atoms with van der Waals surface area (Å²) in [6.45, 7) is 2.27. The van der Waals surface area contributed by atoms with E-state index in [-0.39, 0.29) is 13.1 Å². The van der Waals surface area contributed by atoms with Crippen molar-refractivity contribution in [1.29, 1.82) is 0 Å². The number of benzene rings is 1. The van der Waals surface area contributed by atoms with Crippen LogP contribution >= 0.6 is 0 Å². The van der Waals surface area contributed by atoms with Gasteiger partial charge in [0.25, 0.3) is 0 Å². The number of aromatic nitrogens is 2. The van der Waals surface area contributed by atoms with Crippen LogP contribution in [0.4, 0.5) is 5.69 Å². The average molecular weight is 289 g/mol. The van der Waals surface area contributed by atoms with Crippen LogP contribution in [-0.2, 0) is 17.8 Å². The normalized spacial score (nSPS) is 10.5. The minimum absolute atomic E-state index is 0.114. The average Bonchev–Trinajstić information content (AvgIpc) is 2.92. The third-order valence-electron chi connectivity index (χ3n) is 3.04. The molecule has 0 radical (unpaired) electrons. The molecule has 0 saturated carbocycles. The summed E-state index contributed by atoms with van der Waals surface area (Å²) < 4.78 is 5.20. The zero-order valence-electron chi connectivity index (χ0n) is 12.0. The van der Waals surface area contributed by atoms with E-state index < -0.39 is 5.97 Å². The highest BCUT2D eigenvalue weighted by Crippen LogP contribution is 2.16. The molecular weight excluding hydrogens is 270 g/mol. The number of hydrogen-bond donors (Lipinski definition) is 1. The second-order valence-corrected chi connectivity index (χ2v) is 4.79. The largest absolute Gasteiger partial charge is 0.480 e. The Morgan fingerprint density at radius 1 is 1.33 bits per heavy atom. The molecule has 0 aliphatic carbocycles. The number of hydrogen-bond acceptors (Lipinski definition) is 5. The number of aryl methyl sites for hydroxylation is 1. The van der Waals surface area contributed by atoms with E-state index in [0.29, 0.717) is 11.7 Å². The third kappa shape index (κ3) is 4.59. The minimum Gasteiger partial charge on any atom is -0.480 e. The molecule has 112 valence electrons. The molecule has 6 heteroatoms. The van der Waals surface area contributed by atoms with Gasteiger partial charge >= 0.3 is 5.97 Å². The van der Waals surface area contributed by atoms with Gasteiger partial charge < -0.3 is 14.5 Å². The zero-order chi connectivity index (χ0) is 15.1. The molecular formula is C15H19N3O3. The lowest BCUT2D eigenvalue weighted by atomic mass is 10.2. The summed E-state index contributed by atoms with van der Waals surface area (Å²) in [7, 11) is 0. The first kappa shape index (κ1) is 15.0. The Bertz CT molecular complexity index is 569. The number of unbranched alkanes of at least 4 members (excludes halogenated alkanes) is 1. The maximum absolute atomic E-state index is 11.0. The first-order chi connectivity index (χ1) is 10.2. The van der Waals surface area contributed by atoms with Crippen LogP contribution in [0.3, 0.4) is 0 Å². The number of carboxylic acid groups (broad SMARTS) is 1. The van der Waals surface area contributed by atoms with Gasteiger partial charge in [0.05, 0.1) is 6.54 Å². The maximum atomic E-state index is 11.0. The first-order valence-corrected chi connectivity index (χ1v) is 7.02. The molecule has 21 heavy (non-hydrogen) atoms. The van der Waals surface area contributed by atoms with Gasteiger partial charge in [-0.15, -0.1) is 0 Å². The van der Waals surface area contributed by atoms with Crippen LogP contribution in [-0.4, -0.2) is 27.8 Å². The molecule has 0 unspecified atom stereocenters. The number of rotatable bonds is 8. The smallest absolute Gasteiger partial charge is 0.323 e. The fourth-order valence-electron chi connectivity index (χ4n) is 1.99. The van der Waals surface area contributed by atoms with Crippen molar-refractivity contribution in [2.24, 2.45) is 0 Å². The lowest BCUT2D eigenvalue weighted by Gasteiger charge is -2.20. The van der Waals surface area contributed by atoms with E-state index in [1.807, 2.05) is 30.3 Å². The van der Waals surface area contributed by atoms with Crippen molar-refractivity contribution in [2.75, 3.05) is 11.4 Å². The van der Waals surface area contributed by atoms with Crippen molar-refractivity contribution in [2.45, 2.75) is 32.7 Å². The van der Waals surface area contributed by atoms with Gasteiger partial charge in [0, 0.05) is 12.1 Å². The zero-order valence-corrected chi connectivity index (χ0v) is 12.0. The molecule has 1 aromatic carbocycles. The molecule has 0 spiro atoms. The maximum Gasteiger partial charge on any atom is 0.323 e. The molecule has 2 rings (SSSR count). The fourth-order valence-corrected chi connectivity index (χ4v) is 1.99. The predicted octanol–water partition coefficient (Wildman–Crippen LogP) is 2.50. The number of anilines is 1. The van der Waals surface area contributed by atoms with E-state index in [9.17, 15) is 4.79 Å². The van der Waals surface area contributed by atoms with Crippen LogP contribution in [0.15, 0.2) is 34.9 Å². The third-order valence-corrected chi connectivity index (χ3v) is 3.04. The molecule has 1 heterocycles. The summed E-state index contributed by atoms with van der Waals surface area (Å²) in [5.41, 5.74) is 0.813. The molecule has 6 nitrogen and oxygen atoms in total. The van der Waals surface area contributed by atoms with Crippen molar-refractivity contribution >= 4 is 11.7 Å². The summed E-state index contributed by atoms with van der Waals surface area (Å²) in [5, 5.41) is 13.0. The molecule has 0 fully saturated rings. The monoisotopic (exact) mass is 289 g/mol.